The first-order valence-corrected chi connectivity index (χ1v) is 7.00. The molecule has 0 aromatic heterocycles. The summed E-state index contributed by atoms with van der Waals surface area (Å²) in [5.74, 6) is 0.321. The van der Waals surface area contributed by atoms with Gasteiger partial charge < -0.3 is 5.11 Å². The molecule has 1 aromatic rings. The van der Waals surface area contributed by atoms with Gasteiger partial charge >= 0.3 is 0 Å². The van der Waals surface area contributed by atoms with Crippen molar-refractivity contribution in [3.8, 4) is 0 Å². The molecule has 2 fully saturated rings. The number of hydrogen-bond donors (Lipinski definition) is 1. The molecule has 0 spiro atoms. The lowest BCUT2D eigenvalue weighted by Gasteiger charge is -2.46. The zero-order chi connectivity index (χ0) is 12.4. The third-order valence-electron chi connectivity index (χ3n) is 5.87. The van der Waals surface area contributed by atoms with E-state index < -0.39 is 11.5 Å². The molecular weight excluding hydrogens is 224 g/mol. The monoisotopic (exact) mass is 242 g/mol. The number of carbonyl (C=O) groups is 1. The van der Waals surface area contributed by atoms with Crippen LogP contribution in [0.4, 0.5) is 0 Å². The zero-order valence-electron chi connectivity index (χ0n) is 10.5. The Morgan fingerprint density at radius 3 is 2.83 bits per heavy atom. The molecule has 3 aliphatic carbocycles. The Kier molecular flexibility index (Phi) is 1.93. The van der Waals surface area contributed by atoms with Gasteiger partial charge in [0.15, 0.2) is 0 Å². The number of benzene rings is 1. The van der Waals surface area contributed by atoms with Crippen LogP contribution in [0.5, 0.6) is 0 Å². The Morgan fingerprint density at radius 2 is 1.94 bits per heavy atom. The summed E-state index contributed by atoms with van der Waals surface area (Å²) in [6.45, 7) is 0. The summed E-state index contributed by atoms with van der Waals surface area (Å²) in [6, 6.07) is 8.56. The van der Waals surface area contributed by atoms with E-state index in [9.17, 15) is 9.90 Å². The van der Waals surface area contributed by atoms with Crippen LogP contribution in [0.2, 0.25) is 0 Å². The van der Waals surface area contributed by atoms with Gasteiger partial charge in [0.1, 0.15) is 5.78 Å². The van der Waals surface area contributed by atoms with Crippen LogP contribution in [0.3, 0.4) is 0 Å². The highest BCUT2D eigenvalue weighted by Crippen LogP contribution is 2.66. The third-order valence-corrected chi connectivity index (χ3v) is 5.87. The third kappa shape index (κ3) is 0.947. The Balaban J connectivity index is 2.01. The number of rotatable bonds is 0. The predicted octanol–water partition coefficient (Wildman–Crippen LogP) is 2.37. The molecule has 3 aliphatic rings. The molecule has 1 unspecified atom stereocenters. The highest BCUT2D eigenvalue weighted by Gasteiger charge is 2.68. The summed E-state index contributed by atoms with van der Waals surface area (Å²) < 4.78 is 0. The molecule has 1 aromatic carbocycles. The Bertz CT molecular complexity index is 536. The molecule has 0 saturated heterocycles. The topological polar surface area (TPSA) is 37.3 Å². The van der Waals surface area contributed by atoms with E-state index in [0.29, 0.717) is 12.2 Å². The van der Waals surface area contributed by atoms with Gasteiger partial charge in [-0.2, -0.15) is 0 Å². The van der Waals surface area contributed by atoms with E-state index in [1.807, 2.05) is 0 Å². The van der Waals surface area contributed by atoms with Crippen molar-refractivity contribution < 1.29 is 9.90 Å². The van der Waals surface area contributed by atoms with E-state index >= 15 is 0 Å². The fourth-order valence-corrected chi connectivity index (χ4v) is 5.11. The first kappa shape index (κ1) is 10.7. The summed E-state index contributed by atoms with van der Waals surface area (Å²) in [5, 5.41) is 10.5. The van der Waals surface area contributed by atoms with Crippen LogP contribution in [0.25, 0.3) is 0 Å². The van der Waals surface area contributed by atoms with Gasteiger partial charge in [0, 0.05) is 11.8 Å². The molecule has 3 atom stereocenters. The lowest BCUT2D eigenvalue weighted by atomic mass is 9.56. The first-order chi connectivity index (χ1) is 8.71. The van der Waals surface area contributed by atoms with Crippen molar-refractivity contribution in [1.29, 1.82) is 0 Å². The van der Waals surface area contributed by atoms with Crippen molar-refractivity contribution in [3.63, 3.8) is 0 Å². The van der Waals surface area contributed by atoms with E-state index in [4.69, 9.17) is 0 Å². The molecule has 2 nitrogen and oxygen atoms in total. The maximum Gasteiger partial charge on any atom is 0.142 e. The van der Waals surface area contributed by atoms with Crippen LogP contribution in [0.15, 0.2) is 24.3 Å². The minimum atomic E-state index is -0.443. The summed E-state index contributed by atoms with van der Waals surface area (Å²) in [4.78, 5) is 12.5. The van der Waals surface area contributed by atoms with E-state index in [1.54, 1.807) is 0 Å². The average Bonchev–Trinajstić information content (AvgIpc) is 2.87. The van der Waals surface area contributed by atoms with Gasteiger partial charge in [-0.1, -0.05) is 24.3 Å². The second kappa shape index (κ2) is 3.24. The number of fused-ring (bicyclic) bond motifs is 1. The lowest BCUT2D eigenvalue weighted by molar-refractivity contribution is -0.133. The van der Waals surface area contributed by atoms with Gasteiger partial charge in [-0.15, -0.1) is 0 Å². The molecule has 2 heteroatoms. The maximum absolute atomic E-state index is 12.5. The minimum absolute atomic E-state index is 0.0433. The number of aliphatic hydroxyl groups is 1. The molecule has 0 radical (unpaired) electrons. The Hall–Kier alpha value is -1.15. The van der Waals surface area contributed by atoms with Gasteiger partial charge in [-0.3, -0.25) is 4.79 Å². The van der Waals surface area contributed by atoms with Crippen LogP contribution >= 0.6 is 0 Å². The fourth-order valence-electron chi connectivity index (χ4n) is 5.11. The zero-order valence-corrected chi connectivity index (χ0v) is 10.5. The van der Waals surface area contributed by atoms with Gasteiger partial charge in [0.05, 0.1) is 11.5 Å². The van der Waals surface area contributed by atoms with Crippen LogP contribution < -0.4 is 0 Å². The number of Topliss-reactive ketones (excluding diaryl/α,β-unsaturated/α-hetero) is 1. The van der Waals surface area contributed by atoms with Crippen LogP contribution in [0, 0.1) is 5.41 Å². The SMILES string of the molecule is O=C1CC[C@]23CCC(O)[C@]12CCc1ccccc13. The maximum atomic E-state index is 12.5. The van der Waals surface area contributed by atoms with Crippen molar-refractivity contribution in [2.24, 2.45) is 5.41 Å². The van der Waals surface area contributed by atoms with Crippen molar-refractivity contribution in [3.05, 3.63) is 35.4 Å². The van der Waals surface area contributed by atoms with Gasteiger partial charge in [-0.25, -0.2) is 0 Å². The Labute approximate surface area is 107 Å². The number of carbonyl (C=O) groups excluding carboxylic acids is 1. The second-order valence-electron chi connectivity index (χ2n) is 6.19. The highest BCUT2D eigenvalue weighted by molar-refractivity contribution is 5.91. The summed E-state index contributed by atoms with van der Waals surface area (Å²) in [5.41, 5.74) is 2.27. The summed E-state index contributed by atoms with van der Waals surface area (Å²) in [6.07, 6.45) is 4.76. The molecule has 0 heterocycles. The van der Waals surface area contributed by atoms with Gasteiger partial charge in [-0.05, 0) is 43.2 Å². The molecule has 18 heavy (non-hydrogen) atoms. The average molecular weight is 242 g/mol. The van der Waals surface area contributed by atoms with E-state index in [0.717, 1.165) is 32.1 Å². The van der Waals surface area contributed by atoms with Crippen LogP contribution in [-0.4, -0.2) is 17.0 Å². The van der Waals surface area contributed by atoms with Gasteiger partial charge in [0.2, 0.25) is 0 Å². The Morgan fingerprint density at radius 1 is 1.11 bits per heavy atom. The molecular formula is C16H18O2. The van der Waals surface area contributed by atoms with Gasteiger partial charge in [0.25, 0.3) is 0 Å². The smallest absolute Gasteiger partial charge is 0.142 e. The summed E-state index contributed by atoms with van der Waals surface area (Å²) >= 11 is 0. The van der Waals surface area contributed by atoms with Crippen LogP contribution in [-0.2, 0) is 16.6 Å². The van der Waals surface area contributed by atoms with Crippen molar-refractivity contribution in [2.75, 3.05) is 0 Å². The van der Waals surface area contributed by atoms with E-state index in [2.05, 4.69) is 24.3 Å². The molecule has 0 bridgehead atoms. The standard InChI is InChI=1S/C16H18O2/c17-13-6-8-15-9-7-14(18)16(13,15)10-5-11-3-1-2-4-12(11)15/h1-4,13,17H,5-10H2/t13?,15-,16+/m0/s1. The molecule has 1 N–H and O–H groups in total. The first-order valence-electron chi connectivity index (χ1n) is 7.00. The molecule has 0 amide bonds. The second-order valence-corrected chi connectivity index (χ2v) is 6.19. The van der Waals surface area contributed by atoms with Crippen molar-refractivity contribution in [1.82, 2.24) is 0 Å². The normalized spacial score (nSPS) is 41.4. The number of aryl methyl sites for hydroxylation is 1. The quantitative estimate of drug-likeness (QED) is 0.758. The number of hydrogen-bond acceptors (Lipinski definition) is 2. The highest BCUT2D eigenvalue weighted by atomic mass is 16.3. The van der Waals surface area contributed by atoms with Crippen molar-refractivity contribution in [2.45, 2.75) is 50.0 Å². The largest absolute Gasteiger partial charge is 0.392 e. The van der Waals surface area contributed by atoms with Crippen molar-refractivity contribution >= 4 is 5.78 Å². The fraction of sp³-hybridized carbons (Fsp3) is 0.562. The predicted molar refractivity (Wildman–Crippen MR) is 68.4 cm³/mol. The number of ketones is 1. The van der Waals surface area contributed by atoms with E-state index in [1.165, 1.54) is 11.1 Å². The lowest BCUT2D eigenvalue weighted by Crippen LogP contribution is -2.50. The van der Waals surface area contributed by atoms with E-state index in [-0.39, 0.29) is 5.41 Å². The minimum Gasteiger partial charge on any atom is -0.392 e. The van der Waals surface area contributed by atoms with Crippen LogP contribution in [0.1, 0.15) is 43.2 Å². The molecule has 2 saturated carbocycles. The number of aliphatic hydroxyl groups excluding tert-OH is 1. The molecule has 0 aliphatic heterocycles. The molecule has 4 rings (SSSR count). The molecule has 94 valence electrons. The summed E-state index contributed by atoms with van der Waals surface area (Å²) in [7, 11) is 0.